The molecule has 31 heavy (non-hydrogen) atoms. The lowest BCUT2D eigenvalue weighted by Crippen LogP contribution is -2.07. The van der Waals surface area contributed by atoms with Gasteiger partial charge in [-0.2, -0.15) is 0 Å². The van der Waals surface area contributed by atoms with Gasteiger partial charge < -0.3 is 5.32 Å². The molecule has 0 aliphatic carbocycles. The number of benzene rings is 1. The highest BCUT2D eigenvalue weighted by Crippen LogP contribution is 2.26. The highest BCUT2D eigenvalue weighted by atomic mass is 15.4. The smallest absolute Gasteiger partial charge is 0.184 e. The van der Waals surface area contributed by atoms with E-state index in [0.717, 1.165) is 33.9 Å². The first-order valence-corrected chi connectivity index (χ1v) is 10.6. The molecule has 0 spiro atoms. The SMILES string of the molecule is C=C/C=C\C(=C(C)C)c1nc(/C(=C/C=C\C)C(=C)NC)nn1-c1ccc(C)cc1.CC. The van der Waals surface area contributed by atoms with Crippen molar-refractivity contribution in [1.29, 1.82) is 0 Å². The van der Waals surface area contributed by atoms with E-state index >= 15 is 0 Å². The van der Waals surface area contributed by atoms with E-state index in [1.807, 2.05) is 62.9 Å². The van der Waals surface area contributed by atoms with E-state index < -0.39 is 0 Å². The van der Waals surface area contributed by atoms with Crippen LogP contribution in [0.4, 0.5) is 0 Å². The van der Waals surface area contributed by atoms with Crippen LogP contribution in [-0.4, -0.2) is 21.8 Å². The Morgan fingerprint density at radius 2 is 1.74 bits per heavy atom. The van der Waals surface area contributed by atoms with Gasteiger partial charge in [-0.1, -0.05) is 80.7 Å². The summed E-state index contributed by atoms with van der Waals surface area (Å²) in [7, 11) is 1.85. The monoisotopic (exact) mass is 416 g/mol. The molecular weight excluding hydrogens is 380 g/mol. The van der Waals surface area contributed by atoms with E-state index in [4.69, 9.17) is 10.1 Å². The predicted octanol–water partition coefficient (Wildman–Crippen LogP) is 6.83. The maximum Gasteiger partial charge on any atom is 0.184 e. The summed E-state index contributed by atoms with van der Waals surface area (Å²) in [6.07, 6.45) is 11.6. The highest BCUT2D eigenvalue weighted by molar-refractivity contribution is 5.78. The van der Waals surface area contributed by atoms with Crippen molar-refractivity contribution in [3.63, 3.8) is 0 Å². The number of rotatable bonds is 8. The topological polar surface area (TPSA) is 42.7 Å². The molecule has 0 atom stereocenters. The summed E-state index contributed by atoms with van der Waals surface area (Å²) >= 11 is 0. The molecule has 2 rings (SSSR count). The van der Waals surface area contributed by atoms with Crippen molar-refractivity contribution < 1.29 is 0 Å². The molecule has 2 aromatic rings. The Labute approximate surface area is 188 Å². The molecular formula is C27H36N4. The van der Waals surface area contributed by atoms with Gasteiger partial charge in [-0.25, -0.2) is 9.67 Å². The van der Waals surface area contributed by atoms with Crippen LogP contribution in [0.5, 0.6) is 0 Å². The van der Waals surface area contributed by atoms with Crippen molar-refractivity contribution in [2.75, 3.05) is 7.05 Å². The van der Waals surface area contributed by atoms with E-state index in [9.17, 15) is 0 Å². The Kier molecular flexibility index (Phi) is 10.8. The van der Waals surface area contributed by atoms with Crippen molar-refractivity contribution >= 4 is 11.1 Å². The summed E-state index contributed by atoms with van der Waals surface area (Å²) in [6, 6.07) is 8.26. The average molecular weight is 417 g/mol. The predicted molar refractivity (Wildman–Crippen MR) is 136 cm³/mol. The molecule has 4 nitrogen and oxygen atoms in total. The zero-order chi connectivity index (χ0) is 23.4. The molecule has 0 aliphatic rings. The molecule has 0 bridgehead atoms. The van der Waals surface area contributed by atoms with Crippen LogP contribution in [-0.2, 0) is 0 Å². The van der Waals surface area contributed by atoms with Crippen molar-refractivity contribution in [1.82, 2.24) is 20.1 Å². The lowest BCUT2D eigenvalue weighted by Gasteiger charge is -2.08. The largest absolute Gasteiger partial charge is 0.388 e. The minimum absolute atomic E-state index is 0.615. The summed E-state index contributed by atoms with van der Waals surface area (Å²) in [4.78, 5) is 4.91. The first-order valence-electron chi connectivity index (χ1n) is 10.6. The zero-order valence-electron chi connectivity index (χ0n) is 20.0. The van der Waals surface area contributed by atoms with E-state index in [-0.39, 0.29) is 0 Å². The molecule has 0 radical (unpaired) electrons. The molecule has 1 aromatic heterocycles. The first kappa shape index (κ1) is 25.6. The molecule has 0 aliphatic heterocycles. The Morgan fingerprint density at radius 3 is 2.26 bits per heavy atom. The van der Waals surface area contributed by atoms with Crippen LogP contribution in [0, 0.1) is 6.92 Å². The molecule has 0 saturated heterocycles. The van der Waals surface area contributed by atoms with Crippen LogP contribution >= 0.6 is 0 Å². The molecule has 164 valence electrons. The number of aromatic nitrogens is 3. The lowest BCUT2D eigenvalue weighted by atomic mass is 10.1. The van der Waals surface area contributed by atoms with Gasteiger partial charge in [0, 0.05) is 23.9 Å². The maximum atomic E-state index is 4.91. The number of nitrogens with zero attached hydrogens (tertiary/aromatic N) is 3. The molecule has 4 heteroatoms. The van der Waals surface area contributed by atoms with Crippen LogP contribution < -0.4 is 5.32 Å². The lowest BCUT2D eigenvalue weighted by molar-refractivity contribution is 0.857. The third-order valence-electron chi connectivity index (χ3n) is 4.39. The van der Waals surface area contributed by atoms with E-state index in [1.165, 1.54) is 5.56 Å². The second-order valence-corrected chi connectivity index (χ2v) is 6.85. The fourth-order valence-corrected chi connectivity index (χ4v) is 2.73. The summed E-state index contributed by atoms with van der Waals surface area (Å²) in [5.74, 6) is 1.39. The maximum absolute atomic E-state index is 4.91. The van der Waals surface area contributed by atoms with Crippen molar-refractivity contribution in [2.24, 2.45) is 0 Å². The highest BCUT2D eigenvalue weighted by Gasteiger charge is 2.18. The van der Waals surface area contributed by atoms with Gasteiger partial charge in [0.05, 0.1) is 5.69 Å². The molecule has 0 fully saturated rings. The minimum Gasteiger partial charge on any atom is -0.388 e. The number of allylic oxidation sites excluding steroid dienone is 9. The van der Waals surface area contributed by atoms with Crippen molar-refractivity contribution in [3.05, 3.63) is 102 Å². The number of hydrogen-bond acceptors (Lipinski definition) is 3. The first-order chi connectivity index (χ1) is 14.9. The summed E-state index contributed by atoms with van der Waals surface area (Å²) in [6.45, 7) is 20.1. The van der Waals surface area contributed by atoms with Gasteiger partial charge in [-0.3, -0.25) is 0 Å². The van der Waals surface area contributed by atoms with Gasteiger partial charge in [0.1, 0.15) is 0 Å². The van der Waals surface area contributed by atoms with E-state index in [2.05, 4.69) is 63.5 Å². The summed E-state index contributed by atoms with van der Waals surface area (Å²) in [5, 5.41) is 7.96. The van der Waals surface area contributed by atoms with Gasteiger partial charge in [-0.05, 0) is 45.9 Å². The van der Waals surface area contributed by atoms with Crippen LogP contribution in [0.15, 0.2) is 85.1 Å². The summed E-state index contributed by atoms with van der Waals surface area (Å²) < 4.78 is 1.89. The van der Waals surface area contributed by atoms with Crippen LogP contribution in [0.3, 0.4) is 0 Å². The fourth-order valence-electron chi connectivity index (χ4n) is 2.73. The molecule has 1 heterocycles. The van der Waals surface area contributed by atoms with Crippen molar-refractivity contribution in [3.8, 4) is 5.69 Å². The molecule has 1 N–H and O–H groups in total. The average Bonchev–Trinajstić information content (AvgIpc) is 3.20. The van der Waals surface area contributed by atoms with Gasteiger partial charge >= 0.3 is 0 Å². The Balaban J connectivity index is 0.00000233. The molecule has 0 saturated carbocycles. The Bertz CT molecular complexity index is 992. The quantitative estimate of drug-likeness (QED) is 0.480. The number of hydrogen-bond donors (Lipinski definition) is 1. The molecule has 0 amide bonds. The van der Waals surface area contributed by atoms with E-state index in [0.29, 0.717) is 5.82 Å². The van der Waals surface area contributed by atoms with Crippen LogP contribution in [0.2, 0.25) is 0 Å². The van der Waals surface area contributed by atoms with Gasteiger partial charge in [0.2, 0.25) is 0 Å². The number of aryl methyl sites for hydroxylation is 1. The molecule has 0 unspecified atom stereocenters. The van der Waals surface area contributed by atoms with Crippen molar-refractivity contribution in [2.45, 2.75) is 41.5 Å². The zero-order valence-corrected chi connectivity index (χ0v) is 20.0. The van der Waals surface area contributed by atoms with Crippen LogP contribution in [0.25, 0.3) is 16.8 Å². The number of likely N-dealkylation sites (N-methyl/N-ethyl adjacent to an activating group) is 1. The second kappa shape index (κ2) is 13.0. The Hall–Kier alpha value is -3.40. The number of nitrogens with one attached hydrogen (secondary N) is 1. The normalized spacial score (nSPS) is 11.3. The Morgan fingerprint density at radius 1 is 1.10 bits per heavy atom. The second-order valence-electron chi connectivity index (χ2n) is 6.85. The van der Waals surface area contributed by atoms with Gasteiger partial charge in [0.25, 0.3) is 0 Å². The fraction of sp³-hybridized carbons (Fsp3) is 0.259. The van der Waals surface area contributed by atoms with Crippen LogP contribution in [0.1, 0.15) is 51.8 Å². The van der Waals surface area contributed by atoms with Gasteiger partial charge in [-0.15, -0.1) is 5.10 Å². The third kappa shape index (κ3) is 6.82. The van der Waals surface area contributed by atoms with E-state index in [1.54, 1.807) is 6.08 Å². The summed E-state index contributed by atoms with van der Waals surface area (Å²) in [5.41, 5.74) is 5.90. The minimum atomic E-state index is 0.615. The molecule has 1 aromatic carbocycles. The third-order valence-corrected chi connectivity index (χ3v) is 4.39. The van der Waals surface area contributed by atoms with Gasteiger partial charge in [0.15, 0.2) is 11.6 Å². The standard InChI is InChI=1S/C25H30N4.C2H6/c1-8-10-12-22(18(3)4)25-27-24(23(13-11-9-2)20(6)26-7)28-29(25)21-16-14-19(5)15-17-21;1-2/h8-17,26H,1,6H2,2-5,7H3;1-2H3/b11-9-,12-10-,23-13+;.